The molecule has 0 aliphatic rings. The van der Waals surface area contributed by atoms with Crippen LogP contribution < -0.4 is 16.0 Å². The third-order valence-electron chi connectivity index (χ3n) is 3.49. The van der Waals surface area contributed by atoms with Gasteiger partial charge in [-0.05, 0) is 45.4 Å². The number of nitrogens with one attached hydrogen (secondary N) is 1. The number of hydrogen-bond donors (Lipinski definition) is 2. The summed E-state index contributed by atoms with van der Waals surface area (Å²) >= 11 is 0. The Morgan fingerprint density at radius 1 is 1.33 bits per heavy atom. The van der Waals surface area contributed by atoms with Crippen molar-refractivity contribution >= 4 is 11.6 Å². The van der Waals surface area contributed by atoms with Gasteiger partial charge in [-0.2, -0.15) is 0 Å². The van der Waals surface area contributed by atoms with Gasteiger partial charge >= 0.3 is 0 Å². The van der Waals surface area contributed by atoms with Crippen molar-refractivity contribution in [1.29, 1.82) is 0 Å². The lowest BCUT2D eigenvalue weighted by atomic mass is 10.2. The standard InChI is InChI=1S/C17H29N3O/c1-4-6-15(3)19-17(21)13-20(12-5-11-18)16-9-7-14(2)8-10-16/h7-10,15H,4-6,11-13,18H2,1-3H3,(H,19,21). The summed E-state index contributed by atoms with van der Waals surface area (Å²) in [5, 5.41) is 3.06. The second-order valence-corrected chi connectivity index (χ2v) is 5.66. The van der Waals surface area contributed by atoms with Gasteiger partial charge in [0.15, 0.2) is 0 Å². The third kappa shape index (κ3) is 6.63. The Kier molecular flexibility index (Phi) is 7.83. The zero-order valence-electron chi connectivity index (χ0n) is 13.6. The fourth-order valence-electron chi connectivity index (χ4n) is 2.34. The van der Waals surface area contributed by atoms with E-state index in [0.717, 1.165) is 31.5 Å². The van der Waals surface area contributed by atoms with Gasteiger partial charge in [0.2, 0.25) is 5.91 Å². The summed E-state index contributed by atoms with van der Waals surface area (Å²) in [5.41, 5.74) is 7.90. The van der Waals surface area contributed by atoms with E-state index in [1.54, 1.807) is 0 Å². The summed E-state index contributed by atoms with van der Waals surface area (Å²) in [4.78, 5) is 14.3. The largest absolute Gasteiger partial charge is 0.362 e. The fourth-order valence-corrected chi connectivity index (χ4v) is 2.34. The molecule has 0 heterocycles. The molecule has 1 aromatic rings. The van der Waals surface area contributed by atoms with Gasteiger partial charge in [0, 0.05) is 18.3 Å². The molecule has 0 aromatic heterocycles. The number of carbonyl (C=O) groups is 1. The van der Waals surface area contributed by atoms with Crippen molar-refractivity contribution in [2.45, 2.75) is 46.1 Å². The van der Waals surface area contributed by atoms with E-state index in [1.807, 2.05) is 0 Å². The molecular weight excluding hydrogens is 262 g/mol. The molecule has 1 unspecified atom stereocenters. The highest BCUT2D eigenvalue weighted by Gasteiger charge is 2.13. The maximum Gasteiger partial charge on any atom is 0.239 e. The normalized spacial score (nSPS) is 12.0. The van der Waals surface area contributed by atoms with Crippen LogP contribution in [-0.4, -0.2) is 31.6 Å². The second kappa shape index (κ2) is 9.40. The van der Waals surface area contributed by atoms with Gasteiger partial charge < -0.3 is 16.0 Å². The first-order valence-electron chi connectivity index (χ1n) is 7.87. The van der Waals surface area contributed by atoms with Gasteiger partial charge in [-0.15, -0.1) is 0 Å². The number of nitrogens with two attached hydrogens (primary N) is 1. The number of rotatable bonds is 9. The average molecular weight is 291 g/mol. The quantitative estimate of drug-likeness (QED) is 0.735. The predicted molar refractivity (Wildman–Crippen MR) is 89.6 cm³/mol. The van der Waals surface area contributed by atoms with Crippen LogP contribution in [0.15, 0.2) is 24.3 Å². The lowest BCUT2D eigenvalue weighted by Gasteiger charge is -2.25. The van der Waals surface area contributed by atoms with E-state index in [1.165, 1.54) is 5.56 Å². The molecule has 0 saturated heterocycles. The number of nitrogens with zero attached hydrogens (tertiary/aromatic N) is 1. The SMILES string of the molecule is CCCC(C)NC(=O)CN(CCCN)c1ccc(C)cc1. The molecule has 0 fully saturated rings. The molecule has 1 amide bonds. The summed E-state index contributed by atoms with van der Waals surface area (Å²) in [5.74, 6) is 0.0774. The van der Waals surface area contributed by atoms with Gasteiger partial charge in [-0.1, -0.05) is 31.0 Å². The van der Waals surface area contributed by atoms with E-state index in [4.69, 9.17) is 5.73 Å². The molecule has 4 nitrogen and oxygen atoms in total. The van der Waals surface area contributed by atoms with Crippen molar-refractivity contribution in [3.8, 4) is 0 Å². The molecule has 0 saturated carbocycles. The number of benzene rings is 1. The Balaban J connectivity index is 2.65. The highest BCUT2D eigenvalue weighted by molar-refractivity contribution is 5.81. The summed E-state index contributed by atoms with van der Waals surface area (Å²) in [6.07, 6.45) is 2.97. The molecule has 1 rings (SSSR count). The van der Waals surface area contributed by atoms with Gasteiger partial charge in [-0.25, -0.2) is 0 Å². The highest BCUT2D eigenvalue weighted by atomic mass is 16.2. The molecule has 0 radical (unpaired) electrons. The molecule has 0 aliphatic heterocycles. The van der Waals surface area contributed by atoms with Crippen LogP contribution in [0.25, 0.3) is 0 Å². The van der Waals surface area contributed by atoms with Crippen LogP contribution in [0, 0.1) is 6.92 Å². The van der Waals surface area contributed by atoms with Crippen molar-refractivity contribution in [2.75, 3.05) is 24.5 Å². The van der Waals surface area contributed by atoms with Crippen LogP contribution in [0.3, 0.4) is 0 Å². The summed E-state index contributed by atoms with van der Waals surface area (Å²) < 4.78 is 0. The van der Waals surface area contributed by atoms with Crippen LogP contribution >= 0.6 is 0 Å². The van der Waals surface area contributed by atoms with Crippen LogP contribution in [0.5, 0.6) is 0 Å². The van der Waals surface area contributed by atoms with Crippen LogP contribution in [-0.2, 0) is 4.79 Å². The van der Waals surface area contributed by atoms with Gasteiger partial charge in [0.05, 0.1) is 6.54 Å². The Bertz CT molecular complexity index is 417. The maximum absolute atomic E-state index is 12.2. The van der Waals surface area contributed by atoms with Crippen molar-refractivity contribution in [1.82, 2.24) is 5.32 Å². The number of carbonyl (C=O) groups excluding carboxylic acids is 1. The van der Waals surface area contributed by atoms with Gasteiger partial charge in [0.25, 0.3) is 0 Å². The zero-order chi connectivity index (χ0) is 15.7. The Hall–Kier alpha value is -1.55. The van der Waals surface area contributed by atoms with Crippen LogP contribution in [0.1, 0.15) is 38.7 Å². The molecule has 1 atom stereocenters. The Morgan fingerprint density at radius 3 is 2.57 bits per heavy atom. The van der Waals surface area contributed by atoms with Crippen LogP contribution in [0.2, 0.25) is 0 Å². The minimum absolute atomic E-state index is 0.0774. The molecule has 4 heteroatoms. The first-order valence-corrected chi connectivity index (χ1v) is 7.87. The maximum atomic E-state index is 12.2. The van der Waals surface area contributed by atoms with E-state index in [0.29, 0.717) is 13.1 Å². The molecule has 0 bridgehead atoms. The number of aryl methyl sites for hydroxylation is 1. The summed E-state index contributed by atoms with van der Waals surface area (Å²) in [6.45, 7) is 8.07. The minimum Gasteiger partial charge on any atom is -0.362 e. The smallest absolute Gasteiger partial charge is 0.239 e. The van der Waals surface area contributed by atoms with Crippen molar-refractivity contribution in [2.24, 2.45) is 5.73 Å². The van der Waals surface area contributed by atoms with Crippen molar-refractivity contribution < 1.29 is 4.79 Å². The topological polar surface area (TPSA) is 58.4 Å². The monoisotopic (exact) mass is 291 g/mol. The van der Waals surface area contributed by atoms with E-state index < -0.39 is 0 Å². The second-order valence-electron chi connectivity index (χ2n) is 5.66. The first-order chi connectivity index (χ1) is 10.1. The molecule has 1 aromatic carbocycles. The van der Waals surface area contributed by atoms with Crippen LogP contribution in [0.4, 0.5) is 5.69 Å². The third-order valence-corrected chi connectivity index (χ3v) is 3.49. The molecule has 0 spiro atoms. The minimum atomic E-state index is 0.0774. The van der Waals surface area contributed by atoms with E-state index in [2.05, 4.69) is 55.3 Å². The number of amides is 1. The van der Waals surface area contributed by atoms with Crippen molar-refractivity contribution in [3.05, 3.63) is 29.8 Å². The Labute approximate surface area is 128 Å². The van der Waals surface area contributed by atoms with E-state index >= 15 is 0 Å². The number of anilines is 1. The lowest BCUT2D eigenvalue weighted by Crippen LogP contribution is -2.41. The van der Waals surface area contributed by atoms with E-state index in [9.17, 15) is 4.79 Å². The fraction of sp³-hybridized carbons (Fsp3) is 0.588. The predicted octanol–water partition coefficient (Wildman–Crippen LogP) is 2.46. The lowest BCUT2D eigenvalue weighted by molar-refractivity contribution is -0.120. The first kappa shape index (κ1) is 17.5. The van der Waals surface area contributed by atoms with Crippen molar-refractivity contribution in [3.63, 3.8) is 0 Å². The summed E-state index contributed by atoms with van der Waals surface area (Å²) in [6, 6.07) is 8.51. The summed E-state index contributed by atoms with van der Waals surface area (Å²) in [7, 11) is 0. The zero-order valence-corrected chi connectivity index (χ0v) is 13.6. The number of hydrogen-bond acceptors (Lipinski definition) is 3. The molecule has 3 N–H and O–H groups in total. The average Bonchev–Trinajstić information content (AvgIpc) is 2.44. The van der Waals surface area contributed by atoms with Gasteiger partial charge in [0.1, 0.15) is 0 Å². The molecule has 21 heavy (non-hydrogen) atoms. The molecule has 0 aliphatic carbocycles. The Morgan fingerprint density at radius 2 is 2.00 bits per heavy atom. The van der Waals surface area contributed by atoms with Gasteiger partial charge in [-0.3, -0.25) is 4.79 Å². The molecule has 118 valence electrons. The highest BCUT2D eigenvalue weighted by Crippen LogP contribution is 2.15. The van der Waals surface area contributed by atoms with E-state index in [-0.39, 0.29) is 11.9 Å². The molecular formula is C17H29N3O.